The van der Waals surface area contributed by atoms with E-state index in [4.69, 9.17) is 10.5 Å². The van der Waals surface area contributed by atoms with Gasteiger partial charge in [0, 0.05) is 16.8 Å². The Labute approximate surface area is 170 Å². The number of esters is 1. The van der Waals surface area contributed by atoms with E-state index in [1.165, 1.54) is 27.8 Å². The zero-order chi connectivity index (χ0) is 20.0. The fourth-order valence-electron chi connectivity index (χ4n) is 3.66. The molecular formula is C19H19N7O2S. The van der Waals surface area contributed by atoms with Crippen molar-refractivity contribution in [3.05, 3.63) is 40.0 Å². The smallest absolute Gasteiger partial charge is 0.378 e. The largest absolute Gasteiger partial charge is 0.452 e. The number of hydrogen-bond donors (Lipinski definition) is 1. The van der Waals surface area contributed by atoms with Crippen molar-refractivity contribution in [1.29, 1.82) is 0 Å². The Morgan fingerprint density at radius 3 is 2.97 bits per heavy atom. The molecule has 148 valence electrons. The monoisotopic (exact) mass is 409 g/mol. The van der Waals surface area contributed by atoms with Crippen molar-refractivity contribution < 1.29 is 9.53 Å². The number of aryl methyl sites for hydroxylation is 3. The van der Waals surface area contributed by atoms with Crippen molar-refractivity contribution in [2.45, 2.75) is 45.6 Å². The van der Waals surface area contributed by atoms with Crippen LogP contribution in [0.2, 0.25) is 0 Å². The van der Waals surface area contributed by atoms with E-state index < -0.39 is 5.97 Å². The Hall–Kier alpha value is -3.14. The summed E-state index contributed by atoms with van der Waals surface area (Å²) in [6.07, 6.45) is 7.29. The molecule has 4 heterocycles. The second-order valence-corrected chi connectivity index (χ2v) is 8.16. The zero-order valence-electron chi connectivity index (χ0n) is 15.9. The lowest BCUT2D eigenvalue weighted by Gasteiger charge is -2.05. The number of ether oxygens (including phenoxy) is 1. The summed E-state index contributed by atoms with van der Waals surface area (Å²) >= 11 is 1.67. The highest BCUT2D eigenvalue weighted by molar-refractivity contribution is 7.19. The quantitative estimate of drug-likeness (QED) is 0.405. The van der Waals surface area contributed by atoms with Gasteiger partial charge in [-0.3, -0.25) is 0 Å². The molecule has 0 spiro atoms. The van der Waals surface area contributed by atoms with Crippen LogP contribution < -0.4 is 5.73 Å². The number of rotatable bonds is 3. The number of nitrogen functional groups attached to an aromatic ring is 1. The lowest BCUT2D eigenvalue weighted by molar-refractivity contribution is 0.0448. The standard InChI is InChI=1S/C19H19N7O2S/c1-10-7-8-21-19-24-16(25-26(10)19)18(27)28-9-13-22-15(20)14-11-5-3-2-4-6-12(11)29-17(14)23-13/h7-8H,2-6,9H2,1H3,(H2,20,22,23). The molecule has 10 heteroatoms. The Bertz CT molecular complexity index is 1250. The normalized spacial score (nSPS) is 14.1. The second-order valence-electron chi connectivity index (χ2n) is 7.08. The number of fused-ring (bicyclic) bond motifs is 4. The van der Waals surface area contributed by atoms with Crippen molar-refractivity contribution in [3.8, 4) is 0 Å². The highest BCUT2D eigenvalue weighted by Crippen LogP contribution is 2.37. The second kappa shape index (κ2) is 7.03. The van der Waals surface area contributed by atoms with Crippen LogP contribution in [0, 0.1) is 6.92 Å². The van der Waals surface area contributed by atoms with Crippen molar-refractivity contribution in [2.75, 3.05) is 5.73 Å². The van der Waals surface area contributed by atoms with E-state index in [2.05, 4.69) is 25.0 Å². The van der Waals surface area contributed by atoms with Crippen LogP contribution in [0.4, 0.5) is 5.82 Å². The molecule has 1 aliphatic carbocycles. The number of anilines is 1. The van der Waals surface area contributed by atoms with Crippen molar-refractivity contribution in [3.63, 3.8) is 0 Å². The molecule has 0 aliphatic heterocycles. The summed E-state index contributed by atoms with van der Waals surface area (Å²) in [7, 11) is 0. The van der Waals surface area contributed by atoms with Crippen LogP contribution >= 0.6 is 11.3 Å². The Morgan fingerprint density at radius 2 is 2.10 bits per heavy atom. The average Bonchev–Trinajstić information content (AvgIpc) is 3.22. The Balaban J connectivity index is 1.38. The molecular weight excluding hydrogens is 390 g/mol. The van der Waals surface area contributed by atoms with Crippen LogP contribution in [0.15, 0.2) is 12.3 Å². The molecule has 4 aromatic rings. The topological polar surface area (TPSA) is 121 Å². The molecule has 9 nitrogen and oxygen atoms in total. The molecule has 29 heavy (non-hydrogen) atoms. The molecule has 4 aromatic heterocycles. The first-order valence-corrected chi connectivity index (χ1v) is 10.3. The van der Waals surface area contributed by atoms with E-state index in [0.717, 1.165) is 35.2 Å². The van der Waals surface area contributed by atoms with E-state index >= 15 is 0 Å². The summed E-state index contributed by atoms with van der Waals surface area (Å²) in [5.41, 5.74) is 8.35. The molecule has 5 rings (SSSR count). The molecule has 0 aromatic carbocycles. The van der Waals surface area contributed by atoms with Gasteiger partial charge in [0.05, 0.1) is 5.39 Å². The summed E-state index contributed by atoms with van der Waals surface area (Å²) in [4.78, 5) is 31.7. The number of nitrogens with two attached hydrogens (primary N) is 1. The van der Waals surface area contributed by atoms with Gasteiger partial charge in [-0.2, -0.15) is 4.98 Å². The minimum absolute atomic E-state index is 0.0521. The van der Waals surface area contributed by atoms with Crippen LogP contribution in [0.25, 0.3) is 16.0 Å². The summed E-state index contributed by atoms with van der Waals surface area (Å²) in [5, 5.41) is 5.11. The van der Waals surface area contributed by atoms with E-state index in [-0.39, 0.29) is 12.4 Å². The lowest BCUT2D eigenvalue weighted by Crippen LogP contribution is -2.10. The molecule has 0 atom stereocenters. The molecule has 0 bridgehead atoms. The lowest BCUT2D eigenvalue weighted by atomic mass is 10.1. The van der Waals surface area contributed by atoms with E-state index in [9.17, 15) is 4.79 Å². The van der Waals surface area contributed by atoms with Crippen molar-refractivity contribution >= 4 is 39.1 Å². The zero-order valence-corrected chi connectivity index (χ0v) is 16.7. The number of carbonyl (C=O) groups is 1. The van der Waals surface area contributed by atoms with Crippen LogP contribution in [0.5, 0.6) is 0 Å². The molecule has 0 radical (unpaired) electrons. The van der Waals surface area contributed by atoms with Gasteiger partial charge in [-0.15, -0.1) is 16.4 Å². The molecule has 0 saturated heterocycles. The molecule has 1 aliphatic rings. The van der Waals surface area contributed by atoms with E-state index in [0.29, 0.717) is 17.4 Å². The van der Waals surface area contributed by atoms with Crippen molar-refractivity contribution in [1.82, 2.24) is 29.5 Å². The van der Waals surface area contributed by atoms with Gasteiger partial charge >= 0.3 is 5.97 Å². The number of nitrogens with zero attached hydrogens (tertiary/aromatic N) is 6. The third-order valence-corrected chi connectivity index (χ3v) is 6.27. The maximum atomic E-state index is 12.4. The Kier molecular flexibility index (Phi) is 4.35. The van der Waals surface area contributed by atoms with Crippen LogP contribution in [-0.2, 0) is 24.2 Å². The average molecular weight is 409 g/mol. The number of aromatic nitrogens is 6. The molecule has 0 saturated carbocycles. The molecule has 2 N–H and O–H groups in total. The van der Waals surface area contributed by atoms with Gasteiger partial charge < -0.3 is 10.5 Å². The summed E-state index contributed by atoms with van der Waals surface area (Å²) in [5.74, 6) is 0.464. The first kappa shape index (κ1) is 17.9. The summed E-state index contributed by atoms with van der Waals surface area (Å²) in [6.45, 7) is 1.76. The van der Waals surface area contributed by atoms with Crippen LogP contribution in [0.1, 0.15) is 51.8 Å². The van der Waals surface area contributed by atoms with Crippen LogP contribution in [-0.4, -0.2) is 35.5 Å². The van der Waals surface area contributed by atoms with Crippen LogP contribution in [0.3, 0.4) is 0 Å². The first-order valence-electron chi connectivity index (χ1n) is 9.52. The highest BCUT2D eigenvalue weighted by atomic mass is 32.1. The van der Waals surface area contributed by atoms with Gasteiger partial charge in [-0.05, 0) is 44.2 Å². The third-order valence-electron chi connectivity index (χ3n) is 5.08. The minimum atomic E-state index is -0.654. The Morgan fingerprint density at radius 1 is 1.24 bits per heavy atom. The predicted molar refractivity (Wildman–Crippen MR) is 108 cm³/mol. The van der Waals surface area contributed by atoms with Gasteiger partial charge in [0.2, 0.25) is 0 Å². The predicted octanol–water partition coefficient (Wildman–Crippen LogP) is 2.65. The number of carbonyl (C=O) groups excluding carboxylic acids is 1. The fourth-order valence-corrected chi connectivity index (χ4v) is 4.95. The van der Waals surface area contributed by atoms with Gasteiger partial charge in [0.15, 0.2) is 12.4 Å². The molecule has 0 fully saturated rings. The number of thiophene rings is 1. The third kappa shape index (κ3) is 3.19. The van der Waals surface area contributed by atoms with Crippen molar-refractivity contribution in [2.24, 2.45) is 0 Å². The van der Waals surface area contributed by atoms with Gasteiger partial charge in [-0.1, -0.05) is 6.42 Å². The maximum Gasteiger partial charge on any atom is 0.378 e. The van der Waals surface area contributed by atoms with Gasteiger partial charge in [-0.25, -0.2) is 24.3 Å². The first-order chi connectivity index (χ1) is 14.1. The van der Waals surface area contributed by atoms with E-state index in [1.54, 1.807) is 23.6 Å². The van der Waals surface area contributed by atoms with E-state index in [1.807, 2.05) is 6.92 Å². The maximum absolute atomic E-state index is 12.4. The minimum Gasteiger partial charge on any atom is -0.452 e. The summed E-state index contributed by atoms with van der Waals surface area (Å²) < 4.78 is 6.82. The summed E-state index contributed by atoms with van der Waals surface area (Å²) in [6, 6.07) is 1.78. The SMILES string of the molecule is Cc1ccnc2nc(C(=O)OCc3nc(N)c4c5c(sc4n3)CCCCC5)nn12. The molecule has 0 amide bonds. The van der Waals surface area contributed by atoms with Gasteiger partial charge in [0.25, 0.3) is 11.6 Å². The fraction of sp³-hybridized carbons (Fsp3) is 0.368. The highest BCUT2D eigenvalue weighted by Gasteiger charge is 2.21. The van der Waals surface area contributed by atoms with Gasteiger partial charge in [0.1, 0.15) is 10.6 Å². The number of hydrogen-bond acceptors (Lipinski definition) is 9. The molecule has 0 unspecified atom stereocenters.